The zero-order valence-corrected chi connectivity index (χ0v) is 26.5. The van der Waals surface area contributed by atoms with Gasteiger partial charge in [-0.05, 0) is 62.5 Å². The first-order valence-corrected chi connectivity index (χ1v) is 15.9. The van der Waals surface area contributed by atoms with Gasteiger partial charge in [0.1, 0.15) is 6.10 Å². The SMILES string of the molecule is CN(CCCCCC(=O)N(C)CCN1CCC(OC(=O)Nc2ccccc2-c2ccccc2)CC1)Cc1ccccc1C(=O)O. The number of hydrogen-bond donors (Lipinski definition) is 2. The number of rotatable bonds is 15. The van der Waals surface area contributed by atoms with Gasteiger partial charge in [0, 0.05) is 51.8 Å². The molecule has 2 amide bonds. The van der Waals surface area contributed by atoms with Crippen LogP contribution in [0.4, 0.5) is 10.5 Å². The molecule has 1 saturated heterocycles. The number of aromatic carboxylic acids is 1. The van der Waals surface area contributed by atoms with Crippen molar-refractivity contribution in [3.05, 3.63) is 90.0 Å². The second-order valence-electron chi connectivity index (χ2n) is 11.8. The quantitative estimate of drug-likeness (QED) is 0.196. The summed E-state index contributed by atoms with van der Waals surface area (Å²) in [6.45, 7) is 4.56. The maximum Gasteiger partial charge on any atom is 0.411 e. The predicted molar refractivity (Wildman–Crippen MR) is 177 cm³/mol. The summed E-state index contributed by atoms with van der Waals surface area (Å²) in [6.07, 6.45) is 4.24. The topological polar surface area (TPSA) is 102 Å². The highest BCUT2D eigenvalue weighted by molar-refractivity contribution is 5.91. The molecule has 0 aliphatic carbocycles. The maximum atomic E-state index is 12.7. The molecule has 1 aliphatic heterocycles. The Kier molecular flexibility index (Phi) is 13.0. The van der Waals surface area contributed by atoms with Crippen molar-refractivity contribution in [2.24, 2.45) is 0 Å². The van der Waals surface area contributed by atoms with Gasteiger partial charge in [-0.15, -0.1) is 0 Å². The van der Waals surface area contributed by atoms with E-state index in [2.05, 4.69) is 15.1 Å². The van der Waals surface area contributed by atoms with Crippen LogP contribution < -0.4 is 5.32 Å². The van der Waals surface area contributed by atoms with Crippen LogP contribution in [-0.2, 0) is 16.1 Å². The highest BCUT2D eigenvalue weighted by Crippen LogP contribution is 2.28. The van der Waals surface area contributed by atoms with Gasteiger partial charge in [0.05, 0.1) is 11.3 Å². The molecule has 3 aromatic carbocycles. The number of amides is 2. The van der Waals surface area contributed by atoms with Crippen LogP contribution in [0.2, 0.25) is 0 Å². The molecular formula is C36H46N4O5. The number of piperidine rings is 1. The van der Waals surface area contributed by atoms with Gasteiger partial charge in [0.25, 0.3) is 0 Å². The number of carbonyl (C=O) groups excluding carboxylic acids is 2. The molecule has 0 atom stereocenters. The average Bonchev–Trinajstić information content (AvgIpc) is 3.04. The van der Waals surface area contributed by atoms with Crippen LogP contribution in [0, 0.1) is 0 Å². The van der Waals surface area contributed by atoms with Crippen molar-refractivity contribution in [3.63, 3.8) is 0 Å². The number of likely N-dealkylation sites (tertiary alicyclic amines) is 1. The molecule has 9 heteroatoms. The van der Waals surface area contributed by atoms with E-state index in [-0.39, 0.29) is 12.0 Å². The Bertz CT molecular complexity index is 1390. The number of carbonyl (C=O) groups is 3. The monoisotopic (exact) mass is 614 g/mol. The smallest absolute Gasteiger partial charge is 0.411 e. The number of para-hydroxylation sites is 1. The van der Waals surface area contributed by atoms with Crippen molar-refractivity contribution in [1.29, 1.82) is 0 Å². The Morgan fingerprint density at radius 3 is 2.31 bits per heavy atom. The third-order valence-electron chi connectivity index (χ3n) is 8.35. The number of unbranched alkanes of at least 4 members (excludes halogenated alkanes) is 2. The number of carboxylic acid groups (broad SMARTS) is 1. The molecule has 4 rings (SSSR count). The van der Waals surface area contributed by atoms with Crippen LogP contribution in [0.5, 0.6) is 0 Å². The summed E-state index contributed by atoms with van der Waals surface area (Å²) in [4.78, 5) is 43.1. The zero-order chi connectivity index (χ0) is 32.0. The molecule has 9 nitrogen and oxygen atoms in total. The molecule has 0 radical (unpaired) electrons. The molecular weight excluding hydrogens is 568 g/mol. The van der Waals surface area contributed by atoms with Crippen molar-refractivity contribution >= 4 is 23.7 Å². The summed E-state index contributed by atoms with van der Waals surface area (Å²) in [5, 5.41) is 12.3. The van der Waals surface area contributed by atoms with Crippen molar-refractivity contribution in [2.75, 3.05) is 52.1 Å². The van der Waals surface area contributed by atoms with Gasteiger partial charge in [-0.1, -0.05) is 73.2 Å². The standard InChI is InChI=1S/C36H46N4O5/c1-38(27-29-15-8-9-17-32(29)35(42)43)22-12-4-7-19-34(41)39(2)25-26-40-23-20-30(21-24-40)45-36(44)37-33-18-11-10-16-31(33)28-13-5-3-6-14-28/h3,5-6,8-11,13-18,30H,4,7,12,19-27H2,1-2H3,(H,37,44)(H,42,43). The third-order valence-corrected chi connectivity index (χ3v) is 8.35. The van der Waals surface area contributed by atoms with Crippen LogP contribution in [-0.4, -0.2) is 90.7 Å². The van der Waals surface area contributed by atoms with E-state index in [1.165, 1.54) is 0 Å². The second kappa shape index (κ2) is 17.3. The van der Waals surface area contributed by atoms with Gasteiger partial charge in [-0.3, -0.25) is 10.1 Å². The average molecular weight is 615 g/mol. The fourth-order valence-electron chi connectivity index (χ4n) is 5.68. The van der Waals surface area contributed by atoms with Gasteiger partial charge in [-0.2, -0.15) is 0 Å². The minimum atomic E-state index is -0.901. The van der Waals surface area contributed by atoms with E-state index in [0.29, 0.717) is 25.1 Å². The summed E-state index contributed by atoms with van der Waals surface area (Å²) in [5.74, 6) is -0.744. The fraction of sp³-hybridized carbons (Fsp3) is 0.417. The number of benzene rings is 3. The van der Waals surface area contributed by atoms with Gasteiger partial charge >= 0.3 is 12.1 Å². The van der Waals surface area contributed by atoms with Gasteiger partial charge in [0.2, 0.25) is 5.91 Å². The van der Waals surface area contributed by atoms with Crippen LogP contribution in [0.3, 0.4) is 0 Å². The van der Waals surface area contributed by atoms with E-state index >= 15 is 0 Å². The van der Waals surface area contributed by atoms with E-state index in [4.69, 9.17) is 4.74 Å². The summed E-state index contributed by atoms with van der Waals surface area (Å²) in [7, 11) is 3.86. The van der Waals surface area contributed by atoms with Gasteiger partial charge in [0.15, 0.2) is 0 Å². The molecule has 3 aromatic rings. The maximum absolute atomic E-state index is 12.7. The second-order valence-corrected chi connectivity index (χ2v) is 11.8. The minimum absolute atomic E-state index is 0.129. The largest absolute Gasteiger partial charge is 0.478 e. The third kappa shape index (κ3) is 10.7. The number of carboxylic acids is 1. The highest BCUT2D eigenvalue weighted by atomic mass is 16.6. The van der Waals surface area contributed by atoms with Crippen molar-refractivity contribution in [2.45, 2.75) is 51.2 Å². The summed E-state index contributed by atoms with van der Waals surface area (Å²) < 4.78 is 5.75. The number of nitrogens with one attached hydrogen (secondary N) is 1. The Morgan fingerprint density at radius 2 is 1.56 bits per heavy atom. The number of ether oxygens (including phenoxy) is 1. The normalized spacial score (nSPS) is 13.8. The summed E-state index contributed by atoms with van der Waals surface area (Å²) in [6, 6.07) is 24.8. The lowest BCUT2D eigenvalue weighted by atomic mass is 10.0. The van der Waals surface area contributed by atoms with Crippen molar-refractivity contribution < 1.29 is 24.2 Å². The van der Waals surface area contributed by atoms with Gasteiger partial charge < -0.3 is 24.5 Å². The molecule has 45 heavy (non-hydrogen) atoms. The number of hydrogen-bond acceptors (Lipinski definition) is 6. The Hall–Kier alpha value is -4.21. The van der Waals surface area contributed by atoms with Crippen LogP contribution in [0.15, 0.2) is 78.9 Å². The van der Waals surface area contributed by atoms with Crippen LogP contribution in [0.1, 0.15) is 54.4 Å². The van der Waals surface area contributed by atoms with Crippen LogP contribution in [0.25, 0.3) is 11.1 Å². The molecule has 2 N–H and O–H groups in total. The zero-order valence-electron chi connectivity index (χ0n) is 26.5. The van der Waals surface area contributed by atoms with E-state index < -0.39 is 12.1 Å². The molecule has 1 heterocycles. The lowest BCUT2D eigenvalue weighted by Gasteiger charge is -2.32. The summed E-state index contributed by atoms with van der Waals surface area (Å²) >= 11 is 0. The Labute approximate surface area is 266 Å². The molecule has 0 aromatic heterocycles. The lowest BCUT2D eigenvalue weighted by Crippen LogP contribution is -2.42. The van der Waals surface area contributed by atoms with E-state index in [9.17, 15) is 19.5 Å². The van der Waals surface area contributed by atoms with E-state index in [1.807, 2.05) is 85.7 Å². The van der Waals surface area contributed by atoms with Crippen molar-refractivity contribution in [3.8, 4) is 11.1 Å². The van der Waals surface area contributed by atoms with Gasteiger partial charge in [-0.25, -0.2) is 9.59 Å². The van der Waals surface area contributed by atoms with Crippen LogP contribution >= 0.6 is 0 Å². The Balaban J connectivity index is 1.07. The molecule has 0 spiro atoms. The molecule has 0 unspecified atom stereocenters. The molecule has 1 fully saturated rings. The number of likely N-dealkylation sites (N-methyl/N-ethyl adjacent to an activating group) is 1. The first kappa shape index (κ1) is 33.7. The molecule has 0 saturated carbocycles. The first-order chi connectivity index (χ1) is 21.8. The lowest BCUT2D eigenvalue weighted by molar-refractivity contribution is -0.130. The molecule has 0 bridgehead atoms. The first-order valence-electron chi connectivity index (χ1n) is 15.9. The fourth-order valence-corrected chi connectivity index (χ4v) is 5.68. The van der Waals surface area contributed by atoms with E-state index in [1.54, 1.807) is 12.1 Å². The number of nitrogens with zero attached hydrogens (tertiary/aromatic N) is 3. The Morgan fingerprint density at radius 1 is 0.867 bits per heavy atom. The highest BCUT2D eigenvalue weighted by Gasteiger charge is 2.23. The van der Waals surface area contributed by atoms with Crippen molar-refractivity contribution in [1.82, 2.24) is 14.7 Å². The molecule has 1 aliphatic rings. The minimum Gasteiger partial charge on any atom is -0.478 e. The summed E-state index contributed by atoms with van der Waals surface area (Å²) in [5.41, 5.74) is 3.87. The van der Waals surface area contributed by atoms with E-state index in [0.717, 1.165) is 80.7 Å². The predicted octanol–water partition coefficient (Wildman–Crippen LogP) is 6.22. The number of anilines is 1. The molecule has 240 valence electrons.